The quantitative estimate of drug-likeness (QED) is 0.536. The lowest BCUT2D eigenvalue weighted by molar-refractivity contribution is -0.148. The summed E-state index contributed by atoms with van der Waals surface area (Å²) in [6, 6.07) is 0. The number of carbonyl (C=O) groups is 1. The Labute approximate surface area is 90.6 Å². The highest BCUT2D eigenvalue weighted by Crippen LogP contribution is 2.13. The van der Waals surface area contributed by atoms with Gasteiger partial charge in [-0.3, -0.25) is 4.79 Å². The number of rotatable bonds is 6. The molecule has 88 valence electrons. The van der Waals surface area contributed by atoms with Gasteiger partial charge in [0.15, 0.2) is 0 Å². The highest BCUT2D eigenvalue weighted by Gasteiger charge is 2.27. The van der Waals surface area contributed by atoms with E-state index < -0.39 is 6.10 Å². The Morgan fingerprint density at radius 1 is 1.53 bits per heavy atom. The first-order valence-corrected chi connectivity index (χ1v) is 5.69. The van der Waals surface area contributed by atoms with Crippen molar-refractivity contribution in [3.8, 4) is 0 Å². The molecule has 1 N–H and O–H groups in total. The monoisotopic (exact) mass is 216 g/mol. The van der Waals surface area contributed by atoms with E-state index in [0.717, 1.165) is 19.3 Å². The zero-order chi connectivity index (χ0) is 11.1. The van der Waals surface area contributed by atoms with Crippen LogP contribution in [-0.4, -0.2) is 36.5 Å². The largest absolute Gasteiger partial charge is 0.463 e. The number of aliphatic hydroxyl groups excluding tert-OH is 1. The Balaban J connectivity index is 2.05. The summed E-state index contributed by atoms with van der Waals surface area (Å²) < 4.78 is 10.2. The van der Waals surface area contributed by atoms with E-state index >= 15 is 0 Å². The van der Waals surface area contributed by atoms with Crippen LogP contribution in [0.5, 0.6) is 0 Å². The Bertz CT molecular complexity index is 193. The molecule has 0 spiro atoms. The Morgan fingerprint density at radius 3 is 2.93 bits per heavy atom. The van der Waals surface area contributed by atoms with Gasteiger partial charge in [0.2, 0.25) is 0 Å². The molecule has 2 atom stereocenters. The minimum absolute atomic E-state index is 0.187. The van der Waals surface area contributed by atoms with Crippen molar-refractivity contribution in [3.05, 3.63) is 0 Å². The lowest BCUT2D eigenvalue weighted by Gasteiger charge is -2.13. The third-order valence-electron chi connectivity index (χ3n) is 2.57. The van der Waals surface area contributed by atoms with Gasteiger partial charge in [-0.2, -0.15) is 0 Å². The number of unbranched alkanes of at least 4 members (excludes halogenated alkanes) is 2. The molecule has 0 bridgehead atoms. The number of hydrogen-bond acceptors (Lipinski definition) is 4. The molecular formula is C11H20O4. The summed E-state index contributed by atoms with van der Waals surface area (Å²) in [6.45, 7) is 2.83. The highest BCUT2D eigenvalue weighted by atomic mass is 16.6. The SMILES string of the molecule is CCCCCC(=O)OCC1OCCC1O. The second-order valence-electron chi connectivity index (χ2n) is 3.91. The van der Waals surface area contributed by atoms with Gasteiger partial charge in [-0.1, -0.05) is 19.8 Å². The van der Waals surface area contributed by atoms with Crippen LogP contribution in [0.1, 0.15) is 39.0 Å². The molecule has 1 heterocycles. The minimum Gasteiger partial charge on any atom is -0.463 e. The number of carbonyl (C=O) groups excluding carboxylic acids is 1. The van der Waals surface area contributed by atoms with Gasteiger partial charge < -0.3 is 14.6 Å². The molecule has 4 nitrogen and oxygen atoms in total. The zero-order valence-corrected chi connectivity index (χ0v) is 9.28. The van der Waals surface area contributed by atoms with E-state index in [4.69, 9.17) is 9.47 Å². The van der Waals surface area contributed by atoms with Crippen molar-refractivity contribution in [3.63, 3.8) is 0 Å². The van der Waals surface area contributed by atoms with Crippen LogP contribution >= 0.6 is 0 Å². The maximum Gasteiger partial charge on any atom is 0.305 e. The molecule has 0 aromatic carbocycles. The summed E-state index contributed by atoms with van der Waals surface area (Å²) in [4.78, 5) is 11.2. The molecule has 1 saturated heterocycles. The first kappa shape index (κ1) is 12.5. The molecule has 1 rings (SSSR count). The van der Waals surface area contributed by atoms with Gasteiger partial charge >= 0.3 is 5.97 Å². The molecule has 0 aromatic heterocycles. The van der Waals surface area contributed by atoms with Crippen molar-refractivity contribution in [1.82, 2.24) is 0 Å². The second kappa shape index (κ2) is 6.80. The highest BCUT2D eigenvalue weighted by molar-refractivity contribution is 5.69. The van der Waals surface area contributed by atoms with Crippen molar-refractivity contribution >= 4 is 5.97 Å². The average Bonchev–Trinajstić information content (AvgIpc) is 2.61. The molecule has 1 fully saturated rings. The molecule has 0 radical (unpaired) electrons. The number of esters is 1. The lowest BCUT2D eigenvalue weighted by Crippen LogP contribution is -2.27. The third kappa shape index (κ3) is 4.62. The fraction of sp³-hybridized carbons (Fsp3) is 0.909. The molecule has 1 aliphatic rings. The predicted molar refractivity (Wildman–Crippen MR) is 55.5 cm³/mol. The van der Waals surface area contributed by atoms with Gasteiger partial charge in [0.1, 0.15) is 12.7 Å². The second-order valence-corrected chi connectivity index (χ2v) is 3.91. The van der Waals surface area contributed by atoms with Crippen LogP contribution in [0.25, 0.3) is 0 Å². The first-order chi connectivity index (χ1) is 7.24. The van der Waals surface area contributed by atoms with Gasteiger partial charge in [0.05, 0.1) is 6.10 Å². The molecule has 15 heavy (non-hydrogen) atoms. The van der Waals surface area contributed by atoms with E-state index in [1.807, 2.05) is 0 Å². The van der Waals surface area contributed by atoms with Crippen LogP contribution in [0.3, 0.4) is 0 Å². The molecule has 2 unspecified atom stereocenters. The fourth-order valence-electron chi connectivity index (χ4n) is 1.56. The van der Waals surface area contributed by atoms with Crippen molar-refractivity contribution in [2.45, 2.75) is 51.2 Å². The van der Waals surface area contributed by atoms with Crippen LogP contribution in [0.2, 0.25) is 0 Å². The van der Waals surface area contributed by atoms with Gasteiger partial charge in [-0.15, -0.1) is 0 Å². The molecule has 0 aliphatic carbocycles. The summed E-state index contributed by atoms with van der Waals surface area (Å²) >= 11 is 0. The van der Waals surface area contributed by atoms with Crippen molar-refractivity contribution in [1.29, 1.82) is 0 Å². The Hall–Kier alpha value is -0.610. The standard InChI is InChI=1S/C11H20O4/c1-2-3-4-5-11(13)15-8-10-9(12)6-7-14-10/h9-10,12H,2-8H2,1H3. The Morgan fingerprint density at radius 2 is 2.33 bits per heavy atom. The maximum atomic E-state index is 11.2. The number of aliphatic hydroxyl groups is 1. The predicted octanol–water partition coefficient (Wildman–Crippen LogP) is 1.26. The van der Waals surface area contributed by atoms with Crippen LogP contribution < -0.4 is 0 Å². The smallest absolute Gasteiger partial charge is 0.305 e. The summed E-state index contributed by atoms with van der Waals surface area (Å²) in [5.74, 6) is -0.189. The maximum absolute atomic E-state index is 11.2. The normalized spacial score (nSPS) is 25.5. The van der Waals surface area contributed by atoms with E-state index in [2.05, 4.69) is 6.92 Å². The van der Waals surface area contributed by atoms with E-state index in [0.29, 0.717) is 19.4 Å². The zero-order valence-electron chi connectivity index (χ0n) is 9.28. The van der Waals surface area contributed by atoms with Gasteiger partial charge in [0.25, 0.3) is 0 Å². The summed E-state index contributed by atoms with van der Waals surface area (Å²) in [6.07, 6.45) is 3.33. The first-order valence-electron chi connectivity index (χ1n) is 5.69. The summed E-state index contributed by atoms with van der Waals surface area (Å²) in [5, 5.41) is 9.40. The van der Waals surface area contributed by atoms with Crippen molar-refractivity contribution < 1.29 is 19.4 Å². The molecule has 0 saturated carbocycles. The van der Waals surface area contributed by atoms with Gasteiger partial charge in [-0.05, 0) is 12.8 Å². The molecule has 4 heteroatoms. The fourth-order valence-corrected chi connectivity index (χ4v) is 1.56. The van der Waals surface area contributed by atoms with E-state index in [1.165, 1.54) is 0 Å². The summed E-state index contributed by atoms with van der Waals surface area (Å²) in [5.41, 5.74) is 0. The average molecular weight is 216 g/mol. The van der Waals surface area contributed by atoms with Crippen LogP contribution in [0.15, 0.2) is 0 Å². The van der Waals surface area contributed by atoms with Crippen LogP contribution in [0.4, 0.5) is 0 Å². The molecule has 0 amide bonds. The molecular weight excluding hydrogens is 196 g/mol. The lowest BCUT2D eigenvalue weighted by atomic mass is 10.2. The topological polar surface area (TPSA) is 55.8 Å². The van der Waals surface area contributed by atoms with Gasteiger partial charge in [0, 0.05) is 13.0 Å². The molecule has 0 aromatic rings. The van der Waals surface area contributed by atoms with E-state index in [-0.39, 0.29) is 18.7 Å². The van der Waals surface area contributed by atoms with E-state index in [9.17, 15) is 9.90 Å². The number of hydrogen-bond donors (Lipinski definition) is 1. The van der Waals surface area contributed by atoms with E-state index in [1.54, 1.807) is 0 Å². The third-order valence-corrected chi connectivity index (χ3v) is 2.57. The van der Waals surface area contributed by atoms with Crippen molar-refractivity contribution in [2.24, 2.45) is 0 Å². The van der Waals surface area contributed by atoms with Crippen LogP contribution in [-0.2, 0) is 14.3 Å². The van der Waals surface area contributed by atoms with Crippen LogP contribution in [0, 0.1) is 0 Å². The molecule has 1 aliphatic heterocycles. The van der Waals surface area contributed by atoms with Gasteiger partial charge in [-0.25, -0.2) is 0 Å². The van der Waals surface area contributed by atoms with Crippen molar-refractivity contribution in [2.75, 3.05) is 13.2 Å². The Kier molecular flexibility index (Phi) is 5.65. The summed E-state index contributed by atoms with van der Waals surface area (Å²) in [7, 11) is 0. The minimum atomic E-state index is -0.478. The number of ether oxygens (including phenoxy) is 2.